The molecular formula is C15H24O2. The summed E-state index contributed by atoms with van der Waals surface area (Å²) in [6, 6.07) is 0. The molecule has 6 atom stereocenters. The Labute approximate surface area is 104 Å². The zero-order valence-electron chi connectivity index (χ0n) is 11.4. The van der Waals surface area contributed by atoms with Gasteiger partial charge in [0.05, 0.1) is 12.2 Å². The van der Waals surface area contributed by atoms with Crippen LogP contribution >= 0.6 is 0 Å². The van der Waals surface area contributed by atoms with Crippen molar-refractivity contribution in [2.75, 3.05) is 0 Å². The predicted molar refractivity (Wildman–Crippen MR) is 66.6 cm³/mol. The topological polar surface area (TPSA) is 26.3 Å². The van der Waals surface area contributed by atoms with Gasteiger partial charge in [-0.2, -0.15) is 0 Å². The number of carbonyl (C=O) groups excluding carboxylic acids is 1. The lowest BCUT2D eigenvalue weighted by Gasteiger charge is -2.31. The van der Waals surface area contributed by atoms with E-state index in [1.165, 1.54) is 6.42 Å². The number of rotatable bonds is 3. The molecule has 2 nitrogen and oxygen atoms in total. The SMILES string of the molecule is CCC(C)(C)C(=O)C1C2CC3C(C)CC1C3O2. The molecular weight excluding hydrogens is 212 g/mol. The minimum Gasteiger partial charge on any atom is -0.374 e. The number of ether oxygens (including phenoxy) is 1. The summed E-state index contributed by atoms with van der Waals surface area (Å²) in [7, 11) is 0. The number of fused-ring (bicyclic) bond motifs is 1. The maximum Gasteiger partial charge on any atom is 0.144 e. The molecule has 3 rings (SSSR count). The maximum atomic E-state index is 12.7. The smallest absolute Gasteiger partial charge is 0.144 e. The largest absolute Gasteiger partial charge is 0.374 e. The Bertz CT molecular complexity index is 347. The van der Waals surface area contributed by atoms with Crippen molar-refractivity contribution in [2.45, 2.75) is 59.2 Å². The molecule has 0 aromatic heterocycles. The van der Waals surface area contributed by atoms with Crippen LogP contribution in [0.15, 0.2) is 0 Å². The van der Waals surface area contributed by atoms with Crippen molar-refractivity contribution >= 4 is 5.78 Å². The Kier molecular flexibility index (Phi) is 2.46. The fourth-order valence-corrected chi connectivity index (χ4v) is 4.32. The lowest BCUT2D eigenvalue weighted by atomic mass is 9.69. The first-order chi connectivity index (χ1) is 7.95. The van der Waals surface area contributed by atoms with E-state index in [1.54, 1.807) is 0 Å². The number of Topliss-reactive ketones (excluding diaryl/α,β-unsaturated/α-hetero) is 1. The summed E-state index contributed by atoms with van der Waals surface area (Å²) in [5.74, 6) is 2.71. The molecule has 2 heteroatoms. The van der Waals surface area contributed by atoms with Crippen LogP contribution in [0.5, 0.6) is 0 Å². The summed E-state index contributed by atoms with van der Waals surface area (Å²) in [6.45, 7) is 8.64. The lowest BCUT2D eigenvalue weighted by molar-refractivity contribution is -0.134. The molecule has 1 saturated carbocycles. The van der Waals surface area contributed by atoms with Gasteiger partial charge >= 0.3 is 0 Å². The summed E-state index contributed by atoms with van der Waals surface area (Å²) in [4.78, 5) is 12.7. The fourth-order valence-electron chi connectivity index (χ4n) is 4.32. The highest BCUT2D eigenvalue weighted by Crippen LogP contribution is 2.58. The second kappa shape index (κ2) is 3.57. The Morgan fingerprint density at radius 2 is 2.00 bits per heavy atom. The van der Waals surface area contributed by atoms with E-state index in [1.807, 2.05) is 0 Å². The molecule has 96 valence electrons. The molecule has 6 unspecified atom stereocenters. The van der Waals surface area contributed by atoms with Crippen molar-refractivity contribution in [3.8, 4) is 0 Å². The molecule has 0 aromatic rings. The summed E-state index contributed by atoms with van der Waals surface area (Å²) < 4.78 is 6.08. The Morgan fingerprint density at radius 3 is 2.65 bits per heavy atom. The highest BCUT2D eigenvalue weighted by Gasteiger charge is 2.62. The van der Waals surface area contributed by atoms with Crippen molar-refractivity contribution in [3.05, 3.63) is 0 Å². The number of ketones is 1. The van der Waals surface area contributed by atoms with Gasteiger partial charge in [-0.3, -0.25) is 4.79 Å². The minimum absolute atomic E-state index is 0.167. The van der Waals surface area contributed by atoms with E-state index in [2.05, 4.69) is 27.7 Å². The second-order valence-corrected chi connectivity index (χ2v) is 7.04. The Hall–Kier alpha value is -0.370. The molecule has 3 aliphatic rings. The van der Waals surface area contributed by atoms with Gasteiger partial charge in [-0.1, -0.05) is 27.7 Å². The lowest BCUT2D eigenvalue weighted by Crippen LogP contribution is -2.40. The number of carbonyl (C=O) groups is 1. The van der Waals surface area contributed by atoms with Gasteiger partial charge in [-0.15, -0.1) is 0 Å². The van der Waals surface area contributed by atoms with Crippen LogP contribution in [0, 0.1) is 29.1 Å². The van der Waals surface area contributed by atoms with Crippen molar-refractivity contribution in [1.29, 1.82) is 0 Å². The Balaban J connectivity index is 1.85. The Morgan fingerprint density at radius 1 is 1.29 bits per heavy atom. The van der Waals surface area contributed by atoms with Crippen LogP contribution in [0.1, 0.15) is 47.0 Å². The van der Waals surface area contributed by atoms with Crippen LogP contribution in [-0.4, -0.2) is 18.0 Å². The molecule has 3 fully saturated rings. The van der Waals surface area contributed by atoms with Crippen molar-refractivity contribution in [2.24, 2.45) is 29.1 Å². The molecule has 2 bridgehead atoms. The van der Waals surface area contributed by atoms with Gasteiger partial charge in [0.2, 0.25) is 0 Å². The second-order valence-electron chi connectivity index (χ2n) is 7.04. The molecule has 0 N–H and O–H groups in total. The minimum atomic E-state index is -0.167. The van der Waals surface area contributed by atoms with Crippen molar-refractivity contribution in [1.82, 2.24) is 0 Å². The van der Waals surface area contributed by atoms with E-state index in [9.17, 15) is 4.79 Å². The van der Waals surface area contributed by atoms with E-state index in [4.69, 9.17) is 4.74 Å². The van der Waals surface area contributed by atoms with Crippen molar-refractivity contribution in [3.63, 3.8) is 0 Å². The predicted octanol–water partition coefficient (Wildman–Crippen LogP) is 3.05. The third-order valence-electron chi connectivity index (χ3n) is 5.77. The molecule has 2 aliphatic heterocycles. The molecule has 2 heterocycles. The van der Waals surface area contributed by atoms with E-state index in [-0.39, 0.29) is 17.4 Å². The third-order valence-corrected chi connectivity index (χ3v) is 5.77. The van der Waals surface area contributed by atoms with E-state index >= 15 is 0 Å². The average Bonchev–Trinajstić information content (AvgIpc) is 2.89. The molecule has 0 spiro atoms. The highest BCUT2D eigenvalue weighted by molar-refractivity contribution is 5.87. The number of hydrogen-bond acceptors (Lipinski definition) is 2. The van der Waals surface area contributed by atoms with Gasteiger partial charge in [-0.05, 0) is 37.0 Å². The van der Waals surface area contributed by atoms with Crippen LogP contribution in [-0.2, 0) is 9.53 Å². The van der Waals surface area contributed by atoms with Gasteiger partial charge in [0, 0.05) is 11.3 Å². The zero-order valence-corrected chi connectivity index (χ0v) is 11.4. The highest BCUT2D eigenvalue weighted by atomic mass is 16.5. The zero-order chi connectivity index (χ0) is 12.4. The van der Waals surface area contributed by atoms with Gasteiger partial charge in [0.1, 0.15) is 5.78 Å². The summed E-state index contributed by atoms with van der Waals surface area (Å²) >= 11 is 0. The fraction of sp³-hybridized carbons (Fsp3) is 0.933. The average molecular weight is 236 g/mol. The molecule has 2 saturated heterocycles. The molecule has 0 amide bonds. The van der Waals surface area contributed by atoms with Crippen molar-refractivity contribution < 1.29 is 9.53 Å². The van der Waals surface area contributed by atoms with Crippen LogP contribution in [0.3, 0.4) is 0 Å². The van der Waals surface area contributed by atoms with E-state index < -0.39 is 0 Å². The molecule has 1 aliphatic carbocycles. The normalized spacial score (nSPS) is 47.8. The first-order valence-corrected chi connectivity index (χ1v) is 7.15. The third kappa shape index (κ3) is 1.46. The summed E-state index contributed by atoms with van der Waals surface area (Å²) in [5, 5.41) is 0. The number of hydrogen-bond donors (Lipinski definition) is 0. The first kappa shape index (κ1) is 11.7. The monoisotopic (exact) mass is 236 g/mol. The van der Waals surface area contributed by atoms with Crippen LogP contribution in [0.25, 0.3) is 0 Å². The van der Waals surface area contributed by atoms with E-state index in [0.717, 1.165) is 24.7 Å². The van der Waals surface area contributed by atoms with Crippen LogP contribution in [0.2, 0.25) is 0 Å². The van der Waals surface area contributed by atoms with E-state index in [0.29, 0.717) is 17.8 Å². The van der Waals surface area contributed by atoms with Crippen LogP contribution < -0.4 is 0 Å². The maximum absolute atomic E-state index is 12.7. The molecule has 17 heavy (non-hydrogen) atoms. The standard InChI is InChI=1S/C15H24O2/c1-5-15(3,4)14(16)12-10-6-8(2)9-7-11(12)17-13(9)10/h8-13H,5-7H2,1-4H3. The first-order valence-electron chi connectivity index (χ1n) is 7.15. The summed E-state index contributed by atoms with van der Waals surface area (Å²) in [5.41, 5.74) is -0.167. The molecule has 0 aromatic carbocycles. The quantitative estimate of drug-likeness (QED) is 0.753. The molecule has 0 radical (unpaired) electrons. The summed E-state index contributed by atoms with van der Waals surface area (Å²) in [6.07, 6.45) is 3.95. The van der Waals surface area contributed by atoms with Gasteiger partial charge in [0.25, 0.3) is 0 Å². The van der Waals surface area contributed by atoms with Gasteiger partial charge < -0.3 is 4.74 Å². The van der Waals surface area contributed by atoms with Crippen LogP contribution in [0.4, 0.5) is 0 Å². The van der Waals surface area contributed by atoms with Gasteiger partial charge in [-0.25, -0.2) is 0 Å². The van der Waals surface area contributed by atoms with Gasteiger partial charge in [0.15, 0.2) is 0 Å².